The summed E-state index contributed by atoms with van der Waals surface area (Å²) in [6.45, 7) is 1.62. The maximum Gasteiger partial charge on any atom is 0.357 e. The summed E-state index contributed by atoms with van der Waals surface area (Å²) in [5.41, 5.74) is 0.439. The molecule has 2 aromatic heterocycles. The van der Waals surface area contributed by atoms with Crippen molar-refractivity contribution in [2.24, 2.45) is 0 Å². The summed E-state index contributed by atoms with van der Waals surface area (Å²) < 4.78 is 24.5. The quantitative estimate of drug-likeness (QED) is 0.726. The molecule has 0 fully saturated rings. The number of nitrogens with zero attached hydrogens (tertiary/aromatic N) is 3. The van der Waals surface area contributed by atoms with E-state index in [0.717, 1.165) is 21.0 Å². The Morgan fingerprint density at radius 2 is 2.09 bits per heavy atom. The summed E-state index contributed by atoms with van der Waals surface area (Å²) >= 11 is -1.73. The van der Waals surface area contributed by atoms with E-state index in [4.69, 9.17) is 0 Å². The molecule has 2 heterocycles. The van der Waals surface area contributed by atoms with Gasteiger partial charge in [0, 0.05) is 11.6 Å². The zero-order valence-electron chi connectivity index (χ0n) is 11.8. The van der Waals surface area contributed by atoms with E-state index in [0.29, 0.717) is 10.5 Å². The maximum absolute atomic E-state index is 11.8. The van der Waals surface area contributed by atoms with Crippen LogP contribution < -0.4 is 4.31 Å². The highest BCUT2D eigenvalue weighted by molar-refractivity contribution is 7.81. The lowest BCUT2D eigenvalue weighted by molar-refractivity contribution is 0.0692. The van der Waals surface area contributed by atoms with Crippen LogP contribution in [0.5, 0.6) is 0 Å². The number of fused-ring (bicyclic) bond motifs is 1. The van der Waals surface area contributed by atoms with Gasteiger partial charge in [-0.3, -0.25) is 13.5 Å². The van der Waals surface area contributed by atoms with Gasteiger partial charge in [0.25, 0.3) is 0 Å². The first-order chi connectivity index (χ1) is 11.0. The Labute approximate surface area is 137 Å². The van der Waals surface area contributed by atoms with E-state index in [-0.39, 0.29) is 16.4 Å². The maximum atomic E-state index is 11.8. The molecule has 23 heavy (non-hydrogen) atoms. The fourth-order valence-electron chi connectivity index (χ4n) is 2.20. The molecule has 1 N–H and O–H groups in total. The van der Waals surface area contributed by atoms with Crippen molar-refractivity contribution < 1.29 is 18.7 Å². The molecule has 0 saturated heterocycles. The molecule has 3 aromatic rings. The van der Waals surface area contributed by atoms with Crippen molar-refractivity contribution in [3.63, 3.8) is 0 Å². The molecule has 1 unspecified atom stereocenters. The first kappa shape index (κ1) is 15.5. The van der Waals surface area contributed by atoms with Crippen molar-refractivity contribution >= 4 is 50.2 Å². The van der Waals surface area contributed by atoms with Crippen molar-refractivity contribution in [2.45, 2.75) is 6.92 Å². The standard InChI is InChI=1S/C14H11N3O4S2/c1-8-16-12(14(18)19)13(22-8)17(23(20)21)10-6-2-4-9-5-3-7-15-11(9)10/h2-7H,1H3,(H,18,19)(H,20,21)/p-1. The molecule has 0 bridgehead atoms. The number of hydrogen-bond donors (Lipinski definition) is 1. The van der Waals surface area contributed by atoms with Gasteiger partial charge in [0.1, 0.15) is 5.00 Å². The summed E-state index contributed by atoms with van der Waals surface area (Å²) in [7, 11) is 0. The molecular formula is C14H10N3O4S2-. The van der Waals surface area contributed by atoms with Gasteiger partial charge in [0.15, 0.2) is 5.69 Å². The molecule has 0 amide bonds. The van der Waals surface area contributed by atoms with Gasteiger partial charge in [0.2, 0.25) is 0 Å². The highest BCUT2D eigenvalue weighted by atomic mass is 32.2. The van der Waals surface area contributed by atoms with Crippen LogP contribution in [-0.4, -0.2) is 29.8 Å². The number of hydrogen-bond acceptors (Lipinski definition) is 6. The first-order valence-electron chi connectivity index (χ1n) is 6.43. The molecule has 1 atom stereocenters. The summed E-state index contributed by atoms with van der Waals surface area (Å²) in [5.74, 6) is -1.28. The third-order valence-electron chi connectivity index (χ3n) is 3.08. The van der Waals surface area contributed by atoms with E-state index >= 15 is 0 Å². The lowest BCUT2D eigenvalue weighted by Gasteiger charge is -2.25. The molecular weight excluding hydrogens is 338 g/mol. The fraction of sp³-hybridized carbons (Fsp3) is 0.0714. The monoisotopic (exact) mass is 348 g/mol. The second kappa shape index (κ2) is 6.03. The van der Waals surface area contributed by atoms with Crippen molar-refractivity contribution in [3.05, 3.63) is 47.2 Å². The highest BCUT2D eigenvalue weighted by Crippen LogP contribution is 2.37. The van der Waals surface area contributed by atoms with Gasteiger partial charge in [-0.1, -0.05) is 29.5 Å². The SMILES string of the molecule is Cc1nc(C(=O)O)c(N(c2cccc3cccnc23)S(=O)[O-])s1. The summed E-state index contributed by atoms with van der Waals surface area (Å²) in [6.07, 6.45) is 1.55. The predicted octanol–water partition coefficient (Wildman–Crippen LogP) is 2.63. The minimum Gasteiger partial charge on any atom is -0.755 e. The van der Waals surface area contributed by atoms with Gasteiger partial charge in [-0.25, -0.2) is 9.78 Å². The number of aromatic carboxylic acids is 1. The number of para-hydroxylation sites is 1. The van der Waals surface area contributed by atoms with E-state index < -0.39 is 17.2 Å². The highest BCUT2D eigenvalue weighted by Gasteiger charge is 2.24. The normalized spacial score (nSPS) is 12.3. The number of aromatic nitrogens is 2. The zero-order valence-corrected chi connectivity index (χ0v) is 13.4. The van der Waals surface area contributed by atoms with Gasteiger partial charge < -0.3 is 9.66 Å². The van der Waals surface area contributed by atoms with Crippen LogP contribution in [0.15, 0.2) is 36.5 Å². The number of carboxylic acids is 1. The number of carbonyl (C=O) groups is 1. The van der Waals surface area contributed by atoms with Gasteiger partial charge in [-0.2, -0.15) is 0 Å². The van der Waals surface area contributed by atoms with Gasteiger partial charge in [-0.05, 0) is 19.1 Å². The lowest BCUT2D eigenvalue weighted by Crippen LogP contribution is -2.21. The van der Waals surface area contributed by atoms with Gasteiger partial charge in [-0.15, -0.1) is 0 Å². The number of benzene rings is 1. The largest absolute Gasteiger partial charge is 0.755 e. The number of aryl methyl sites for hydroxylation is 1. The van der Waals surface area contributed by atoms with Gasteiger partial charge >= 0.3 is 5.97 Å². The van der Waals surface area contributed by atoms with Crippen molar-refractivity contribution in [1.82, 2.24) is 9.97 Å². The van der Waals surface area contributed by atoms with Crippen LogP contribution in [0.3, 0.4) is 0 Å². The van der Waals surface area contributed by atoms with E-state index in [1.165, 1.54) is 0 Å². The number of rotatable bonds is 4. The zero-order chi connectivity index (χ0) is 16.6. The Bertz CT molecular complexity index is 920. The number of pyridine rings is 1. The van der Waals surface area contributed by atoms with Crippen LogP contribution in [0.4, 0.5) is 10.7 Å². The molecule has 0 aliphatic rings. The minimum absolute atomic E-state index is 0.0292. The van der Waals surface area contributed by atoms with Crippen molar-refractivity contribution in [1.29, 1.82) is 0 Å². The number of carboxylic acid groups (broad SMARTS) is 1. The molecule has 1 aromatic carbocycles. The molecule has 7 nitrogen and oxygen atoms in total. The first-order valence-corrected chi connectivity index (χ1v) is 8.28. The summed E-state index contributed by atoms with van der Waals surface area (Å²) in [5, 5.41) is 10.5. The molecule has 0 radical (unpaired) electrons. The van der Waals surface area contributed by atoms with Crippen molar-refractivity contribution in [2.75, 3.05) is 4.31 Å². The second-order valence-corrected chi connectivity index (χ2v) is 6.54. The van der Waals surface area contributed by atoms with Crippen LogP contribution in [-0.2, 0) is 11.3 Å². The Balaban J connectivity index is 2.28. The topological polar surface area (TPSA) is 106 Å². The molecule has 0 spiro atoms. The lowest BCUT2D eigenvalue weighted by atomic mass is 10.2. The van der Waals surface area contributed by atoms with Crippen LogP contribution in [0.1, 0.15) is 15.5 Å². The predicted molar refractivity (Wildman–Crippen MR) is 86.6 cm³/mol. The Morgan fingerprint density at radius 3 is 2.78 bits per heavy atom. The van der Waals surface area contributed by atoms with E-state index in [1.54, 1.807) is 43.5 Å². The second-order valence-electron chi connectivity index (χ2n) is 4.56. The number of thiazole rings is 1. The Kier molecular flexibility index (Phi) is 4.07. The average Bonchev–Trinajstić information content (AvgIpc) is 2.89. The third kappa shape index (κ3) is 2.81. The summed E-state index contributed by atoms with van der Waals surface area (Å²) in [6, 6.07) is 8.60. The summed E-state index contributed by atoms with van der Waals surface area (Å²) in [4.78, 5) is 19.5. The third-order valence-corrected chi connectivity index (χ3v) is 4.83. The average molecular weight is 348 g/mol. The van der Waals surface area contributed by atoms with Crippen LogP contribution >= 0.6 is 11.3 Å². The van der Waals surface area contributed by atoms with E-state index in [1.807, 2.05) is 0 Å². The Morgan fingerprint density at radius 1 is 1.35 bits per heavy atom. The van der Waals surface area contributed by atoms with E-state index in [9.17, 15) is 18.7 Å². The Hall–Kier alpha value is -2.36. The van der Waals surface area contributed by atoms with Crippen LogP contribution in [0.2, 0.25) is 0 Å². The minimum atomic E-state index is -2.72. The molecule has 0 aliphatic heterocycles. The van der Waals surface area contributed by atoms with Gasteiger partial charge in [0.05, 0.1) is 27.5 Å². The van der Waals surface area contributed by atoms with Crippen LogP contribution in [0, 0.1) is 6.92 Å². The fourth-order valence-corrected chi connectivity index (χ4v) is 3.85. The van der Waals surface area contributed by atoms with Crippen molar-refractivity contribution in [3.8, 4) is 0 Å². The molecule has 0 saturated carbocycles. The molecule has 3 rings (SSSR count). The van der Waals surface area contributed by atoms with Crippen LogP contribution in [0.25, 0.3) is 10.9 Å². The number of anilines is 2. The smallest absolute Gasteiger partial charge is 0.357 e. The molecule has 9 heteroatoms. The molecule has 118 valence electrons. The van der Waals surface area contributed by atoms with E-state index in [2.05, 4.69) is 9.97 Å². The molecule has 0 aliphatic carbocycles.